The molecule has 1 N–H and O–H groups in total. The summed E-state index contributed by atoms with van der Waals surface area (Å²) in [6, 6.07) is 0. The second kappa shape index (κ2) is 7.63. The molecule has 0 heterocycles. The van der Waals surface area contributed by atoms with Crippen LogP contribution in [0.3, 0.4) is 0 Å². The minimum atomic E-state index is -7.69. The highest BCUT2D eigenvalue weighted by molar-refractivity contribution is 5.81. The Morgan fingerprint density at radius 3 is 1.64 bits per heavy atom. The molecule has 0 fully saturated rings. The van der Waals surface area contributed by atoms with Crippen LogP contribution in [0.2, 0.25) is 0 Å². The summed E-state index contributed by atoms with van der Waals surface area (Å²) in [6.45, 7) is 0.294. The first-order chi connectivity index (χ1) is 12.1. The highest BCUT2D eigenvalue weighted by atomic mass is 19.4. The molecule has 0 saturated carbocycles. The van der Waals surface area contributed by atoms with Crippen molar-refractivity contribution in [3.8, 4) is 0 Å². The molecule has 28 heavy (non-hydrogen) atoms. The fourth-order valence-corrected chi connectivity index (χ4v) is 1.62. The van der Waals surface area contributed by atoms with E-state index in [9.17, 15) is 57.5 Å². The van der Waals surface area contributed by atoms with E-state index in [1.54, 1.807) is 0 Å². The second-order valence-corrected chi connectivity index (χ2v) is 5.58. The average molecular weight is 444 g/mol. The van der Waals surface area contributed by atoms with Crippen molar-refractivity contribution in [2.45, 2.75) is 55.0 Å². The number of carbonyl (C=O) groups excluding carboxylic acids is 1. The Labute approximate surface area is 148 Å². The quantitative estimate of drug-likeness (QED) is 0.311. The molecule has 0 aromatic carbocycles. The third-order valence-electron chi connectivity index (χ3n) is 3.27. The number of carbonyl (C=O) groups is 1. The van der Waals surface area contributed by atoms with Crippen LogP contribution in [0, 0.1) is 0 Å². The summed E-state index contributed by atoms with van der Waals surface area (Å²) in [7, 11) is 0. The first-order valence-corrected chi connectivity index (χ1v) is 6.84. The van der Waals surface area contributed by atoms with Gasteiger partial charge in [-0.2, -0.15) is 52.7 Å². The lowest BCUT2D eigenvalue weighted by molar-refractivity contribution is -0.424. The monoisotopic (exact) mass is 444 g/mol. The third kappa shape index (κ3) is 4.33. The Morgan fingerprint density at radius 1 is 0.893 bits per heavy atom. The Bertz CT molecular complexity index is 582. The number of halogens is 12. The third-order valence-corrected chi connectivity index (χ3v) is 3.27. The van der Waals surface area contributed by atoms with Gasteiger partial charge in [-0.15, -0.1) is 0 Å². The molecule has 15 heteroatoms. The standard InChI is InChI=1S/C13H12F12O3/c1-3-7(27)28-5-6(26)4-9(16,17)11(20,21)13(24,25)12(22,23)10(18,19)8(2,14)15/h3,6,26H,1,4-5H2,2H3. The van der Waals surface area contributed by atoms with Crippen LogP contribution in [-0.4, -0.2) is 59.3 Å². The maximum Gasteiger partial charge on any atom is 0.384 e. The smallest absolute Gasteiger partial charge is 0.384 e. The highest BCUT2D eigenvalue weighted by Crippen LogP contribution is 2.60. The van der Waals surface area contributed by atoms with Crippen LogP contribution in [0.15, 0.2) is 12.7 Å². The van der Waals surface area contributed by atoms with Gasteiger partial charge >= 0.3 is 41.5 Å². The topological polar surface area (TPSA) is 46.5 Å². The molecule has 0 aliphatic rings. The number of aliphatic hydroxyl groups is 1. The Hall–Kier alpha value is -1.67. The molecular weight excluding hydrogens is 432 g/mol. The lowest BCUT2D eigenvalue weighted by Crippen LogP contribution is -2.70. The zero-order valence-electron chi connectivity index (χ0n) is 13.6. The first kappa shape index (κ1) is 26.3. The molecule has 0 saturated heterocycles. The number of alkyl halides is 12. The molecule has 0 bridgehead atoms. The van der Waals surface area contributed by atoms with Crippen LogP contribution in [0.4, 0.5) is 52.7 Å². The Morgan fingerprint density at radius 2 is 1.29 bits per heavy atom. The van der Waals surface area contributed by atoms with Crippen molar-refractivity contribution in [1.29, 1.82) is 0 Å². The predicted molar refractivity (Wildman–Crippen MR) is 67.1 cm³/mol. The number of rotatable bonds is 10. The summed E-state index contributed by atoms with van der Waals surface area (Å²) in [5, 5.41) is 9.02. The van der Waals surface area contributed by atoms with Gasteiger partial charge in [-0.05, 0) is 0 Å². The molecule has 0 aliphatic carbocycles. The maximum absolute atomic E-state index is 13.5. The molecule has 0 aliphatic heterocycles. The predicted octanol–water partition coefficient (Wildman–Crippen LogP) is 4.30. The van der Waals surface area contributed by atoms with E-state index in [2.05, 4.69) is 11.3 Å². The molecule has 0 radical (unpaired) electrons. The summed E-state index contributed by atoms with van der Waals surface area (Å²) in [5.74, 6) is -43.5. The molecular formula is C13H12F12O3. The lowest BCUT2D eigenvalue weighted by atomic mass is 9.90. The minimum Gasteiger partial charge on any atom is -0.460 e. The maximum atomic E-state index is 13.5. The fraction of sp³-hybridized carbons (Fsp3) is 0.769. The largest absolute Gasteiger partial charge is 0.460 e. The molecule has 0 aromatic heterocycles. The highest BCUT2D eigenvalue weighted by Gasteiger charge is 2.89. The van der Waals surface area contributed by atoms with Gasteiger partial charge in [0.15, 0.2) is 0 Å². The zero-order valence-corrected chi connectivity index (χ0v) is 13.6. The molecule has 3 nitrogen and oxygen atoms in total. The van der Waals surface area contributed by atoms with E-state index in [1.807, 2.05) is 0 Å². The van der Waals surface area contributed by atoms with Crippen molar-refractivity contribution in [2.75, 3.05) is 6.61 Å². The van der Waals surface area contributed by atoms with Crippen molar-refractivity contribution < 1.29 is 67.3 Å². The van der Waals surface area contributed by atoms with Gasteiger partial charge in [0, 0.05) is 19.4 Å². The van der Waals surface area contributed by atoms with Gasteiger partial charge in [-0.3, -0.25) is 0 Å². The molecule has 1 atom stereocenters. The van der Waals surface area contributed by atoms with Crippen LogP contribution in [0.5, 0.6) is 0 Å². The van der Waals surface area contributed by atoms with E-state index in [-0.39, 0.29) is 0 Å². The van der Waals surface area contributed by atoms with Crippen LogP contribution in [0.25, 0.3) is 0 Å². The molecule has 1 unspecified atom stereocenters. The van der Waals surface area contributed by atoms with E-state index < -0.39 is 67.6 Å². The van der Waals surface area contributed by atoms with Crippen molar-refractivity contribution in [1.82, 2.24) is 0 Å². The summed E-state index contributed by atoms with van der Waals surface area (Å²) in [5.41, 5.74) is 0. The van der Waals surface area contributed by atoms with E-state index in [0.29, 0.717) is 6.08 Å². The summed E-state index contributed by atoms with van der Waals surface area (Å²) in [4.78, 5) is 10.6. The SMILES string of the molecule is C=CC(=O)OCC(O)CC(F)(F)C(F)(F)C(F)(F)C(F)(F)C(F)(F)C(C)(F)F. The van der Waals surface area contributed by atoms with Crippen molar-refractivity contribution >= 4 is 5.97 Å². The van der Waals surface area contributed by atoms with Gasteiger partial charge in [0.2, 0.25) is 0 Å². The molecule has 0 spiro atoms. The van der Waals surface area contributed by atoms with Crippen LogP contribution in [-0.2, 0) is 9.53 Å². The lowest BCUT2D eigenvalue weighted by Gasteiger charge is -2.41. The molecule has 0 aromatic rings. The zero-order chi connectivity index (χ0) is 23.0. The van der Waals surface area contributed by atoms with E-state index in [1.165, 1.54) is 0 Å². The van der Waals surface area contributed by atoms with Crippen molar-refractivity contribution in [3.63, 3.8) is 0 Å². The van der Waals surface area contributed by atoms with Gasteiger partial charge in [0.05, 0.1) is 6.10 Å². The Kier molecular flexibility index (Phi) is 7.17. The van der Waals surface area contributed by atoms with E-state index >= 15 is 0 Å². The normalized spacial score (nSPS) is 15.9. The van der Waals surface area contributed by atoms with E-state index in [4.69, 9.17) is 5.11 Å². The van der Waals surface area contributed by atoms with Crippen LogP contribution < -0.4 is 0 Å². The van der Waals surface area contributed by atoms with Gasteiger partial charge in [0.1, 0.15) is 6.61 Å². The number of esters is 1. The van der Waals surface area contributed by atoms with Gasteiger partial charge < -0.3 is 9.84 Å². The van der Waals surface area contributed by atoms with E-state index in [0.717, 1.165) is 0 Å². The summed E-state index contributed by atoms with van der Waals surface area (Å²) in [6.07, 6.45) is -5.20. The molecule has 0 rings (SSSR count). The number of hydrogen-bond acceptors (Lipinski definition) is 3. The molecule has 166 valence electrons. The second-order valence-electron chi connectivity index (χ2n) is 5.58. The van der Waals surface area contributed by atoms with Crippen molar-refractivity contribution in [3.05, 3.63) is 12.7 Å². The average Bonchev–Trinajstić information content (AvgIpc) is 2.50. The van der Waals surface area contributed by atoms with Gasteiger partial charge in [-0.25, -0.2) is 4.79 Å². The van der Waals surface area contributed by atoms with Gasteiger partial charge in [0.25, 0.3) is 0 Å². The number of aliphatic hydroxyl groups excluding tert-OH is 1. The summed E-state index contributed by atoms with van der Waals surface area (Å²) >= 11 is 0. The van der Waals surface area contributed by atoms with Crippen LogP contribution >= 0.6 is 0 Å². The fourth-order valence-electron chi connectivity index (χ4n) is 1.62. The van der Waals surface area contributed by atoms with Crippen molar-refractivity contribution in [2.24, 2.45) is 0 Å². The minimum absolute atomic E-state index is 0.418. The summed E-state index contributed by atoms with van der Waals surface area (Å²) < 4.78 is 162. The molecule has 0 amide bonds. The number of ether oxygens (including phenoxy) is 1. The number of hydrogen-bond donors (Lipinski definition) is 1. The van der Waals surface area contributed by atoms with Crippen LogP contribution in [0.1, 0.15) is 13.3 Å². The first-order valence-electron chi connectivity index (χ1n) is 6.84. The van der Waals surface area contributed by atoms with Gasteiger partial charge in [-0.1, -0.05) is 6.58 Å². The Balaban J connectivity index is 5.85.